The Morgan fingerprint density at radius 3 is 2.78 bits per heavy atom. The minimum Gasteiger partial charge on any atom is -0.481 e. The van der Waals surface area contributed by atoms with Crippen LogP contribution in [0.3, 0.4) is 0 Å². The van der Waals surface area contributed by atoms with Gasteiger partial charge in [-0.2, -0.15) is 9.78 Å². The zero-order valence-corrected chi connectivity index (χ0v) is 10.6. The zero-order chi connectivity index (χ0) is 13.3. The van der Waals surface area contributed by atoms with E-state index in [0.29, 0.717) is 22.2 Å². The Morgan fingerprint density at radius 2 is 2.22 bits per heavy atom. The molecule has 0 aliphatic rings. The van der Waals surface area contributed by atoms with E-state index in [-0.39, 0.29) is 5.69 Å². The molecule has 0 bridgehead atoms. The lowest BCUT2D eigenvalue weighted by molar-refractivity contribution is 0.0689. The topological polar surface area (TPSA) is 64.3 Å². The van der Waals surface area contributed by atoms with Gasteiger partial charge in [0.2, 0.25) is 5.88 Å². The highest BCUT2D eigenvalue weighted by atomic mass is 35.5. The number of halogens is 1. The smallest absolute Gasteiger partial charge is 0.356 e. The average molecular weight is 267 g/mol. The number of carbonyl (C=O) groups is 1. The summed E-state index contributed by atoms with van der Waals surface area (Å²) in [5, 5.41) is 13.6. The maximum Gasteiger partial charge on any atom is 0.356 e. The molecule has 2 rings (SSSR count). The molecule has 0 amide bonds. The van der Waals surface area contributed by atoms with Crippen molar-refractivity contribution in [2.24, 2.45) is 0 Å². The summed E-state index contributed by atoms with van der Waals surface area (Å²) in [7, 11) is 1.47. The molecular weight excluding hydrogens is 256 g/mol. The molecule has 0 atom stereocenters. The molecule has 0 spiro atoms. The van der Waals surface area contributed by atoms with E-state index in [1.54, 1.807) is 31.2 Å². The van der Waals surface area contributed by atoms with E-state index in [2.05, 4.69) is 5.10 Å². The Labute approximate surface area is 109 Å². The molecular formula is C12H11ClN2O3. The van der Waals surface area contributed by atoms with Crippen molar-refractivity contribution < 1.29 is 14.6 Å². The van der Waals surface area contributed by atoms with Gasteiger partial charge in [0.15, 0.2) is 5.69 Å². The van der Waals surface area contributed by atoms with Crippen LogP contribution in [0.15, 0.2) is 24.3 Å². The molecule has 0 saturated heterocycles. The van der Waals surface area contributed by atoms with E-state index in [4.69, 9.17) is 21.4 Å². The number of carboxylic acid groups (broad SMARTS) is 1. The van der Waals surface area contributed by atoms with Crippen molar-refractivity contribution in [3.8, 4) is 11.6 Å². The Kier molecular flexibility index (Phi) is 3.25. The third-order valence-corrected chi connectivity index (χ3v) is 2.75. The molecule has 0 aliphatic heterocycles. The van der Waals surface area contributed by atoms with Gasteiger partial charge in [0.05, 0.1) is 12.8 Å². The molecule has 0 fully saturated rings. The first-order valence-corrected chi connectivity index (χ1v) is 5.55. The van der Waals surface area contributed by atoms with Crippen LogP contribution >= 0.6 is 11.6 Å². The van der Waals surface area contributed by atoms with Crippen LogP contribution in [0, 0.1) is 6.92 Å². The molecule has 94 valence electrons. The van der Waals surface area contributed by atoms with Crippen molar-refractivity contribution in [1.82, 2.24) is 9.78 Å². The number of benzene rings is 1. The maximum absolute atomic E-state index is 11.0. The van der Waals surface area contributed by atoms with Gasteiger partial charge < -0.3 is 9.84 Å². The van der Waals surface area contributed by atoms with Gasteiger partial charge in [-0.1, -0.05) is 17.7 Å². The second-order valence-electron chi connectivity index (χ2n) is 3.68. The van der Waals surface area contributed by atoms with Crippen molar-refractivity contribution in [1.29, 1.82) is 0 Å². The number of carboxylic acids is 1. The summed E-state index contributed by atoms with van der Waals surface area (Å²) in [4.78, 5) is 11.0. The van der Waals surface area contributed by atoms with E-state index < -0.39 is 5.97 Å². The molecule has 6 heteroatoms. The Bertz CT molecular complexity index is 607. The molecule has 1 N–H and O–H groups in total. The highest BCUT2D eigenvalue weighted by molar-refractivity contribution is 6.30. The highest BCUT2D eigenvalue weighted by Crippen LogP contribution is 2.26. The summed E-state index contributed by atoms with van der Waals surface area (Å²) in [5.74, 6) is -0.707. The monoisotopic (exact) mass is 266 g/mol. The predicted octanol–water partition coefficient (Wildman–Crippen LogP) is 2.54. The fourth-order valence-electron chi connectivity index (χ4n) is 1.71. The first kappa shape index (κ1) is 12.4. The van der Waals surface area contributed by atoms with Gasteiger partial charge in [0.25, 0.3) is 0 Å². The largest absolute Gasteiger partial charge is 0.481 e. The second kappa shape index (κ2) is 4.70. The number of rotatable bonds is 3. The molecule has 1 aromatic carbocycles. The number of methoxy groups -OCH3 is 1. The lowest BCUT2D eigenvalue weighted by Crippen LogP contribution is -2.02. The molecule has 0 unspecified atom stereocenters. The first-order chi connectivity index (χ1) is 8.54. The van der Waals surface area contributed by atoms with Gasteiger partial charge in [-0.05, 0) is 25.1 Å². The minimum atomic E-state index is -1.09. The van der Waals surface area contributed by atoms with E-state index in [1.807, 2.05) is 0 Å². The van der Waals surface area contributed by atoms with Gasteiger partial charge in [-0.3, -0.25) is 0 Å². The first-order valence-electron chi connectivity index (χ1n) is 5.17. The summed E-state index contributed by atoms with van der Waals surface area (Å²) in [6, 6.07) is 6.94. The number of aromatic nitrogens is 2. The molecule has 0 radical (unpaired) electrons. The molecule has 1 aromatic heterocycles. The number of hydrogen-bond donors (Lipinski definition) is 1. The number of hydrogen-bond acceptors (Lipinski definition) is 3. The molecule has 18 heavy (non-hydrogen) atoms. The van der Waals surface area contributed by atoms with Crippen LogP contribution < -0.4 is 4.74 Å². The van der Waals surface area contributed by atoms with Crippen LogP contribution in [0.1, 0.15) is 16.1 Å². The Morgan fingerprint density at radius 1 is 1.50 bits per heavy atom. The van der Waals surface area contributed by atoms with Gasteiger partial charge in [-0.15, -0.1) is 0 Å². The van der Waals surface area contributed by atoms with Crippen molar-refractivity contribution in [3.63, 3.8) is 0 Å². The number of ether oxygens (including phenoxy) is 1. The highest BCUT2D eigenvalue weighted by Gasteiger charge is 2.20. The van der Waals surface area contributed by atoms with Crippen molar-refractivity contribution in [2.75, 3.05) is 7.11 Å². The zero-order valence-electron chi connectivity index (χ0n) is 9.85. The van der Waals surface area contributed by atoms with Gasteiger partial charge in [0.1, 0.15) is 0 Å². The SMILES string of the molecule is COc1c(C)c(C(=O)O)nn1-c1cccc(Cl)c1. The van der Waals surface area contributed by atoms with E-state index in [9.17, 15) is 4.79 Å². The van der Waals surface area contributed by atoms with E-state index >= 15 is 0 Å². The van der Waals surface area contributed by atoms with Crippen LogP contribution in [0.5, 0.6) is 5.88 Å². The molecule has 2 aromatic rings. The van der Waals surface area contributed by atoms with E-state index in [1.165, 1.54) is 11.8 Å². The van der Waals surface area contributed by atoms with Crippen molar-refractivity contribution in [3.05, 3.63) is 40.5 Å². The predicted molar refractivity (Wildman–Crippen MR) is 66.8 cm³/mol. The maximum atomic E-state index is 11.0. The van der Waals surface area contributed by atoms with Crippen LogP contribution in [0.4, 0.5) is 0 Å². The third kappa shape index (κ3) is 2.04. The molecule has 5 nitrogen and oxygen atoms in total. The Balaban J connectivity index is 2.64. The average Bonchev–Trinajstić information content (AvgIpc) is 2.66. The van der Waals surface area contributed by atoms with Gasteiger partial charge in [0, 0.05) is 10.6 Å². The van der Waals surface area contributed by atoms with Gasteiger partial charge in [-0.25, -0.2) is 4.79 Å². The summed E-state index contributed by atoms with van der Waals surface area (Å²) in [5.41, 5.74) is 1.09. The van der Waals surface area contributed by atoms with E-state index in [0.717, 1.165) is 0 Å². The molecule has 0 aliphatic carbocycles. The van der Waals surface area contributed by atoms with Crippen LogP contribution in [-0.4, -0.2) is 28.0 Å². The van der Waals surface area contributed by atoms with Crippen molar-refractivity contribution in [2.45, 2.75) is 6.92 Å². The lowest BCUT2D eigenvalue weighted by atomic mass is 10.2. The molecule has 0 saturated carbocycles. The summed E-state index contributed by atoms with van der Waals surface area (Å²) >= 11 is 5.90. The molecule has 1 heterocycles. The standard InChI is InChI=1S/C12H11ClN2O3/c1-7-10(12(16)17)14-15(11(7)18-2)9-5-3-4-8(13)6-9/h3-6H,1-2H3,(H,16,17). The minimum absolute atomic E-state index is 0.0353. The van der Waals surface area contributed by atoms with Crippen LogP contribution in [0.2, 0.25) is 5.02 Å². The third-order valence-electron chi connectivity index (χ3n) is 2.52. The van der Waals surface area contributed by atoms with Crippen molar-refractivity contribution >= 4 is 17.6 Å². The van der Waals surface area contributed by atoms with Crippen LogP contribution in [0.25, 0.3) is 5.69 Å². The fourth-order valence-corrected chi connectivity index (χ4v) is 1.89. The summed E-state index contributed by atoms with van der Waals surface area (Å²) in [6.07, 6.45) is 0. The number of nitrogens with zero attached hydrogens (tertiary/aromatic N) is 2. The summed E-state index contributed by atoms with van der Waals surface area (Å²) < 4.78 is 6.62. The number of aromatic carboxylic acids is 1. The van der Waals surface area contributed by atoms with Gasteiger partial charge >= 0.3 is 5.97 Å². The Hall–Kier alpha value is -2.01. The summed E-state index contributed by atoms with van der Waals surface area (Å²) in [6.45, 7) is 1.65. The quantitative estimate of drug-likeness (QED) is 0.927. The fraction of sp³-hybridized carbons (Fsp3) is 0.167. The normalized spacial score (nSPS) is 10.4. The second-order valence-corrected chi connectivity index (χ2v) is 4.12. The van der Waals surface area contributed by atoms with Crippen LogP contribution in [-0.2, 0) is 0 Å². The lowest BCUT2D eigenvalue weighted by Gasteiger charge is -2.06.